The zero-order valence-corrected chi connectivity index (χ0v) is 10.6. The van der Waals surface area contributed by atoms with Crippen molar-refractivity contribution in [2.24, 2.45) is 0 Å². The molecule has 1 aromatic carbocycles. The van der Waals surface area contributed by atoms with Crippen molar-refractivity contribution < 1.29 is 46.0 Å². The highest BCUT2D eigenvalue weighted by molar-refractivity contribution is 5.25. The zero-order valence-electron chi connectivity index (χ0n) is 18.6. The summed E-state index contributed by atoms with van der Waals surface area (Å²) in [5, 5.41) is 48.2. The first-order valence-electron chi connectivity index (χ1n) is 9.97. The van der Waals surface area contributed by atoms with Gasteiger partial charge in [0, 0.05) is 2.74 Å². The molecule has 0 unspecified atom stereocenters. The van der Waals surface area contributed by atoms with E-state index in [2.05, 4.69) is 0 Å². The van der Waals surface area contributed by atoms with Crippen molar-refractivity contribution in [3.63, 3.8) is 0 Å². The normalized spacial score (nSPS) is 39.9. The van der Waals surface area contributed by atoms with Crippen LogP contribution >= 0.6 is 0 Å². The van der Waals surface area contributed by atoms with Gasteiger partial charge in [-0.2, -0.15) is 0 Å². The molecule has 0 aliphatic carbocycles. The molecule has 1 aromatic rings. The summed E-state index contributed by atoms with van der Waals surface area (Å²) in [6.07, 6.45) is -12.6. The maximum absolute atomic E-state index is 9.96. The summed E-state index contributed by atoms with van der Waals surface area (Å²) >= 11 is 0. The second kappa shape index (κ2) is 7.17. The van der Waals surface area contributed by atoms with Gasteiger partial charge in [0.05, 0.1) is 21.4 Å². The second-order valence-corrected chi connectivity index (χ2v) is 4.27. The Balaban J connectivity index is 2.45. The van der Waals surface area contributed by atoms with Gasteiger partial charge in [0.15, 0.2) is 6.29 Å². The van der Waals surface area contributed by atoms with Gasteiger partial charge in [0.1, 0.15) is 30.2 Å². The van der Waals surface area contributed by atoms with Gasteiger partial charge in [0.2, 0.25) is 0 Å². The summed E-state index contributed by atoms with van der Waals surface area (Å²) in [7, 11) is 0. The average molecular weight is 308 g/mol. The molecule has 21 heavy (non-hydrogen) atoms. The molecule has 0 radical (unpaired) electrons. The van der Waals surface area contributed by atoms with E-state index in [4.69, 9.17) is 25.5 Å². The van der Waals surface area contributed by atoms with Gasteiger partial charge in [-0.15, -0.1) is 0 Å². The number of phenols is 1. The molecule has 0 saturated carbocycles. The van der Waals surface area contributed by atoms with Crippen LogP contribution in [0, 0.1) is 0 Å². The van der Waals surface area contributed by atoms with Crippen molar-refractivity contribution in [3.05, 3.63) is 29.7 Å². The van der Waals surface area contributed by atoms with E-state index in [0.717, 1.165) is 0 Å². The van der Waals surface area contributed by atoms with Gasteiger partial charge < -0.3 is 35.0 Å². The lowest BCUT2D eigenvalue weighted by Crippen LogP contribution is -2.59. The summed E-state index contributed by atoms with van der Waals surface area (Å²) in [5.74, 6) is -1.05. The minimum atomic E-state index is -3.46. The third-order valence-electron chi connectivity index (χ3n) is 2.81. The lowest BCUT2D eigenvalue weighted by Gasteiger charge is -2.39. The first-order chi connectivity index (χ1) is 13.2. The van der Waals surface area contributed by atoms with Gasteiger partial charge in [0.25, 0.3) is 0 Å². The van der Waals surface area contributed by atoms with Crippen molar-refractivity contribution >= 4 is 0 Å². The van der Waals surface area contributed by atoms with Crippen LogP contribution in [0.1, 0.15) is 16.5 Å². The Bertz CT molecular complexity index is 746. The standard InChI is InChI=1S/C14H20O7/c15-7-10-11(17)12(18)13(19)14(21-10)20-6-5-8-1-3-9(16)4-2-8/h1-4,10-19H,5-7H2/t10-,11-,12+,13+,14-/m1/s1/i1D,2D,3D,4D,5D2,6D2. The van der Waals surface area contributed by atoms with E-state index in [-0.39, 0.29) is 0 Å². The first kappa shape index (κ1) is 8.42. The topological polar surface area (TPSA) is 120 Å². The Morgan fingerprint density at radius 1 is 1.14 bits per heavy atom. The van der Waals surface area contributed by atoms with E-state index in [1.807, 2.05) is 0 Å². The number of hydrogen-bond donors (Lipinski definition) is 5. The fourth-order valence-electron chi connectivity index (χ4n) is 1.67. The van der Waals surface area contributed by atoms with Crippen molar-refractivity contribution in [1.29, 1.82) is 0 Å². The predicted molar refractivity (Wildman–Crippen MR) is 71.5 cm³/mol. The highest BCUT2D eigenvalue weighted by Crippen LogP contribution is 2.22. The highest BCUT2D eigenvalue weighted by Gasteiger charge is 2.43. The molecule has 0 aromatic heterocycles. The van der Waals surface area contributed by atoms with Crippen molar-refractivity contribution in [1.82, 2.24) is 0 Å². The lowest BCUT2D eigenvalue weighted by molar-refractivity contribution is -0.300. The number of phenolic OH excluding ortho intramolecular Hbond substituents is 1. The molecule has 118 valence electrons. The lowest BCUT2D eigenvalue weighted by atomic mass is 9.99. The van der Waals surface area contributed by atoms with E-state index in [9.17, 15) is 20.4 Å². The molecule has 1 heterocycles. The zero-order chi connectivity index (χ0) is 22.5. The van der Waals surface area contributed by atoms with Crippen LogP contribution in [0.2, 0.25) is 0 Å². The first-order valence-corrected chi connectivity index (χ1v) is 5.97. The second-order valence-electron chi connectivity index (χ2n) is 4.27. The largest absolute Gasteiger partial charge is 0.508 e. The molecule has 7 nitrogen and oxygen atoms in total. The third-order valence-corrected chi connectivity index (χ3v) is 2.81. The molecule has 1 aliphatic rings. The number of aliphatic hydroxyl groups is 4. The molecule has 1 saturated heterocycles. The minimum absolute atomic E-state index is 0.837. The van der Waals surface area contributed by atoms with Crippen LogP contribution in [0.25, 0.3) is 0 Å². The maximum Gasteiger partial charge on any atom is 0.186 e. The molecule has 7 heteroatoms. The average Bonchev–Trinajstić information content (AvgIpc) is 2.64. The van der Waals surface area contributed by atoms with Gasteiger partial charge >= 0.3 is 0 Å². The predicted octanol–water partition coefficient (Wildman–Crippen LogP) is -1.25. The number of aromatic hydroxyl groups is 1. The van der Waals surface area contributed by atoms with E-state index in [1.165, 1.54) is 0 Å². The van der Waals surface area contributed by atoms with E-state index >= 15 is 0 Å². The Morgan fingerprint density at radius 3 is 2.43 bits per heavy atom. The molecule has 1 fully saturated rings. The Morgan fingerprint density at radius 2 is 1.81 bits per heavy atom. The maximum atomic E-state index is 9.96. The summed E-state index contributed by atoms with van der Waals surface area (Å²) in [6.45, 7) is -4.29. The Hall–Kier alpha value is -1.22. The van der Waals surface area contributed by atoms with Crippen LogP contribution in [0.4, 0.5) is 0 Å². The smallest absolute Gasteiger partial charge is 0.186 e. The number of benzene rings is 1. The number of rotatable bonds is 5. The highest BCUT2D eigenvalue weighted by atomic mass is 16.7. The van der Waals surface area contributed by atoms with Crippen LogP contribution in [0.5, 0.6) is 5.75 Å². The van der Waals surface area contributed by atoms with Gasteiger partial charge in [-0.3, -0.25) is 0 Å². The monoisotopic (exact) mass is 308 g/mol. The Labute approximate surface area is 133 Å². The molecule has 2 rings (SSSR count). The molecule has 5 atom stereocenters. The van der Waals surface area contributed by atoms with Crippen LogP contribution in [-0.4, -0.2) is 69.4 Å². The van der Waals surface area contributed by atoms with Gasteiger partial charge in [-0.05, 0) is 24.0 Å². The molecule has 0 spiro atoms. The van der Waals surface area contributed by atoms with E-state index in [1.54, 1.807) is 0 Å². The minimum Gasteiger partial charge on any atom is -0.508 e. The molecule has 0 amide bonds. The van der Waals surface area contributed by atoms with Crippen molar-refractivity contribution in [2.45, 2.75) is 37.1 Å². The molecular formula is C14H20O7. The fourth-order valence-corrected chi connectivity index (χ4v) is 1.67. The SMILES string of the molecule is [2H]c1c([2H])c(C([2H])([2H])C([2H])([2H])O[C@@H]2O[C@H](CO)[C@@H](O)[C@H](O)[C@@H]2O)c([2H])c([2H])c1O. The summed E-state index contributed by atoms with van der Waals surface area (Å²) in [6, 6.07) is -4.08. The molecule has 0 bridgehead atoms. The van der Waals surface area contributed by atoms with Crippen LogP contribution in [-0.2, 0) is 15.8 Å². The molecule has 5 N–H and O–H groups in total. The van der Waals surface area contributed by atoms with Gasteiger partial charge in [-0.25, -0.2) is 0 Å². The van der Waals surface area contributed by atoms with Crippen LogP contribution in [0.15, 0.2) is 24.2 Å². The summed E-state index contributed by atoms with van der Waals surface area (Å²) in [5.41, 5.74) is -1.06. The van der Waals surface area contributed by atoms with E-state index in [0.29, 0.717) is 0 Å². The fraction of sp³-hybridized carbons (Fsp3) is 0.571. The van der Waals surface area contributed by atoms with Gasteiger partial charge in [-0.1, -0.05) is 12.1 Å². The third kappa shape index (κ3) is 3.91. The van der Waals surface area contributed by atoms with Crippen LogP contribution < -0.4 is 0 Å². The van der Waals surface area contributed by atoms with Crippen molar-refractivity contribution in [2.75, 3.05) is 13.2 Å². The summed E-state index contributed by atoms with van der Waals surface area (Å²) in [4.78, 5) is 0. The Kier molecular flexibility index (Phi) is 2.87. The van der Waals surface area contributed by atoms with E-state index < -0.39 is 85.7 Å². The number of aliphatic hydroxyl groups excluding tert-OH is 4. The van der Waals surface area contributed by atoms with Crippen molar-refractivity contribution in [3.8, 4) is 5.75 Å². The number of hydrogen-bond acceptors (Lipinski definition) is 7. The summed E-state index contributed by atoms with van der Waals surface area (Å²) < 4.78 is 72.5. The molecular weight excluding hydrogens is 280 g/mol. The number of ether oxygens (including phenoxy) is 2. The van der Waals surface area contributed by atoms with Crippen LogP contribution in [0.3, 0.4) is 0 Å². The quantitative estimate of drug-likeness (QED) is 0.461. The molecule has 1 aliphatic heterocycles.